The Morgan fingerprint density at radius 1 is 1.26 bits per heavy atom. The third-order valence-electron chi connectivity index (χ3n) is 8.07. The Kier molecular flexibility index (Phi) is 7.15. The number of aliphatic imine (C=N–C) groups is 1. The Hall–Kier alpha value is -3.34. The number of amidine groups is 1. The molecule has 186 valence electrons. The standard InChI is InChI=1S/C27H36N6O2/c1-5-27(6-2)11-9-18(10-12-27)22-13-19(20-16-32(3)26(35)33(4)17-20)7-8-23(22)31-25(34)24-29-15-21(14-28)30-24/h7-9,13,20-21H,5-6,10-12,15-17H2,1-4H3,(H,29,30)(H,31,34). The number of hydrogen-bond acceptors (Lipinski definition) is 5. The van der Waals surface area contributed by atoms with E-state index in [0.29, 0.717) is 18.5 Å². The molecule has 1 atom stereocenters. The molecule has 0 spiro atoms. The van der Waals surface area contributed by atoms with Crippen LogP contribution in [0.15, 0.2) is 29.3 Å². The number of allylic oxidation sites excluding steroid dienone is 2. The summed E-state index contributed by atoms with van der Waals surface area (Å²) in [6.07, 6.45) is 7.81. The van der Waals surface area contributed by atoms with E-state index in [4.69, 9.17) is 5.26 Å². The number of benzene rings is 1. The second kappa shape index (κ2) is 10.1. The van der Waals surface area contributed by atoms with Gasteiger partial charge in [-0.2, -0.15) is 5.26 Å². The summed E-state index contributed by atoms with van der Waals surface area (Å²) in [5.41, 5.74) is 4.56. The van der Waals surface area contributed by atoms with Crippen LogP contribution >= 0.6 is 0 Å². The maximum atomic E-state index is 12.9. The highest BCUT2D eigenvalue weighted by molar-refractivity contribution is 6.42. The number of carbonyl (C=O) groups is 2. The largest absolute Gasteiger partial charge is 0.349 e. The maximum absolute atomic E-state index is 12.9. The van der Waals surface area contributed by atoms with Crippen LogP contribution in [0.3, 0.4) is 0 Å². The second-order valence-electron chi connectivity index (χ2n) is 10.2. The van der Waals surface area contributed by atoms with Gasteiger partial charge in [0.05, 0.1) is 12.6 Å². The zero-order valence-electron chi connectivity index (χ0n) is 21.2. The molecule has 2 aliphatic heterocycles. The van der Waals surface area contributed by atoms with E-state index in [1.165, 1.54) is 5.57 Å². The number of nitrogens with zero attached hydrogens (tertiary/aromatic N) is 4. The smallest absolute Gasteiger partial charge is 0.319 e. The van der Waals surface area contributed by atoms with E-state index in [1.54, 1.807) is 9.80 Å². The van der Waals surface area contributed by atoms with Crippen LogP contribution in [0.25, 0.3) is 5.57 Å². The summed E-state index contributed by atoms with van der Waals surface area (Å²) in [4.78, 5) is 32.9. The van der Waals surface area contributed by atoms with E-state index in [2.05, 4.69) is 53.8 Å². The van der Waals surface area contributed by atoms with Gasteiger partial charge in [-0.25, -0.2) is 4.79 Å². The molecule has 3 aliphatic rings. The number of carbonyl (C=O) groups excluding carboxylic acids is 2. The number of rotatable bonds is 6. The van der Waals surface area contributed by atoms with Crippen molar-refractivity contribution in [3.8, 4) is 6.07 Å². The monoisotopic (exact) mass is 476 g/mol. The molecule has 0 bridgehead atoms. The highest BCUT2D eigenvalue weighted by atomic mass is 16.2. The predicted molar refractivity (Wildman–Crippen MR) is 138 cm³/mol. The number of hydrogen-bond donors (Lipinski definition) is 2. The van der Waals surface area contributed by atoms with Crippen molar-refractivity contribution < 1.29 is 9.59 Å². The van der Waals surface area contributed by atoms with E-state index in [0.717, 1.165) is 48.9 Å². The zero-order chi connectivity index (χ0) is 25.2. The van der Waals surface area contributed by atoms with Crippen molar-refractivity contribution in [2.24, 2.45) is 10.4 Å². The number of amides is 3. The molecule has 4 rings (SSSR count). The van der Waals surface area contributed by atoms with Gasteiger partial charge in [-0.05, 0) is 47.9 Å². The van der Waals surface area contributed by atoms with Gasteiger partial charge in [-0.1, -0.05) is 38.8 Å². The minimum atomic E-state index is -0.460. The Morgan fingerprint density at radius 3 is 2.54 bits per heavy atom. The molecule has 35 heavy (non-hydrogen) atoms. The average Bonchev–Trinajstić information content (AvgIpc) is 3.37. The molecule has 1 aromatic rings. The van der Waals surface area contributed by atoms with Gasteiger partial charge in [-0.15, -0.1) is 0 Å². The molecule has 1 fully saturated rings. The van der Waals surface area contributed by atoms with Crippen molar-refractivity contribution in [1.29, 1.82) is 5.26 Å². The van der Waals surface area contributed by atoms with Gasteiger partial charge in [0.25, 0.3) is 5.91 Å². The van der Waals surface area contributed by atoms with Crippen LogP contribution in [0.2, 0.25) is 0 Å². The molecule has 1 aromatic carbocycles. The Labute approximate surface area is 208 Å². The van der Waals surface area contributed by atoms with Crippen LogP contribution in [0, 0.1) is 16.7 Å². The van der Waals surface area contributed by atoms with Gasteiger partial charge in [0, 0.05) is 44.4 Å². The molecule has 3 amide bonds. The van der Waals surface area contributed by atoms with E-state index in [1.807, 2.05) is 20.2 Å². The number of anilines is 1. The van der Waals surface area contributed by atoms with Crippen molar-refractivity contribution in [3.05, 3.63) is 35.4 Å². The Balaban J connectivity index is 1.64. The fraction of sp³-hybridized carbons (Fsp3) is 0.556. The number of nitrogens with one attached hydrogen (secondary N) is 2. The molecule has 0 radical (unpaired) electrons. The molecule has 8 heteroatoms. The normalized spacial score (nSPS) is 22.3. The van der Waals surface area contributed by atoms with Gasteiger partial charge in [0.2, 0.25) is 0 Å². The number of urea groups is 1. The highest BCUT2D eigenvalue weighted by Gasteiger charge is 2.32. The van der Waals surface area contributed by atoms with Crippen LogP contribution in [-0.4, -0.2) is 67.3 Å². The lowest BCUT2D eigenvalue weighted by molar-refractivity contribution is -0.110. The van der Waals surface area contributed by atoms with Gasteiger partial charge >= 0.3 is 6.03 Å². The topological polar surface area (TPSA) is 101 Å². The quantitative estimate of drug-likeness (QED) is 0.649. The first kappa shape index (κ1) is 24.8. The zero-order valence-corrected chi connectivity index (χ0v) is 21.2. The fourth-order valence-electron chi connectivity index (χ4n) is 5.48. The van der Waals surface area contributed by atoms with Gasteiger partial charge in [0.1, 0.15) is 6.04 Å². The Bertz CT molecular complexity index is 1080. The van der Waals surface area contributed by atoms with Crippen LogP contribution in [0.4, 0.5) is 10.5 Å². The van der Waals surface area contributed by atoms with E-state index < -0.39 is 6.04 Å². The van der Waals surface area contributed by atoms with Crippen LogP contribution < -0.4 is 10.6 Å². The first-order valence-corrected chi connectivity index (χ1v) is 12.6. The van der Waals surface area contributed by atoms with E-state index in [-0.39, 0.29) is 30.2 Å². The lowest BCUT2D eigenvalue weighted by Gasteiger charge is -2.37. The minimum absolute atomic E-state index is 0.0383. The summed E-state index contributed by atoms with van der Waals surface area (Å²) in [6, 6.07) is 7.89. The highest BCUT2D eigenvalue weighted by Crippen LogP contribution is 2.45. The molecule has 0 aromatic heterocycles. The summed E-state index contributed by atoms with van der Waals surface area (Å²) in [5, 5.41) is 15.0. The molecule has 8 nitrogen and oxygen atoms in total. The second-order valence-corrected chi connectivity index (χ2v) is 10.2. The molecular weight excluding hydrogens is 440 g/mol. The summed E-state index contributed by atoms with van der Waals surface area (Å²) in [5.74, 6) is 0.0691. The van der Waals surface area contributed by atoms with Crippen molar-refractivity contribution in [1.82, 2.24) is 15.1 Å². The van der Waals surface area contributed by atoms with Crippen LogP contribution in [0.5, 0.6) is 0 Å². The predicted octanol–water partition coefficient (Wildman–Crippen LogP) is 3.97. The number of nitriles is 1. The Morgan fingerprint density at radius 2 is 1.97 bits per heavy atom. The van der Waals surface area contributed by atoms with Crippen molar-refractivity contribution in [2.75, 3.05) is 39.0 Å². The number of likely N-dealkylation sites (N-methyl/N-ethyl adjacent to an activating group) is 2. The SMILES string of the molecule is CCC1(CC)CC=C(c2cc(C3CN(C)C(=O)N(C)C3)ccc2NC(=O)C2=NCC(C#N)N2)CC1. The molecule has 0 saturated carbocycles. The maximum Gasteiger partial charge on any atom is 0.319 e. The fourth-order valence-corrected chi connectivity index (χ4v) is 5.48. The van der Waals surface area contributed by atoms with Crippen molar-refractivity contribution in [3.63, 3.8) is 0 Å². The first-order chi connectivity index (χ1) is 16.8. The van der Waals surface area contributed by atoms with Gasteiger partial charge in [-0.3, -0.25) is 9.79 Å². The molecule has 1 unspecified atom stereocenters. The summed E-state index contributed by atoms with van der Waals surface area (Å²) in [6.45, 7) is 6.16. The van der Waals surface area contributed by atoms with Crippen LogP contribution in [0.1, 0.15) is 63.0 Å². The lowest BCUT2D eigenvalue weighted by atomic mass is 9.70. The van der Waals surface area contributed by atoms with E-state index in [9.17, 15) is 9.59 Å². The van der Waals surface area contributed by atoms with E-state index >= 15 is 0 Å². The van der Waals surface area contributed by atoms with Crippen molar-refractivity contribution >= 4 is 29.0 Å². The van der Waals surface area contributed by atoms with Gasteiger partial charge in [0.15, 0.2) is 5.84 Å². The average molecular weight is 477 g/mol. The molecule has 2 heterocycles. The first-order valence-electron chi connectivity index (χ1n) is 12.6. The summed E-state index contributed by atoms with van der Waals surface area (Å²) >= 11 is 0. The minimum Gasteiger partial charge on any atom is -0.349 e. The molecule has 2 N–H and O–H groups in total. The van der Waals surface area contributed by atoms with Crippen molar-refractivity contribution in [2.45, 2.75) is 57.9 Å². The summed E-state index contributed by atoms with van der Waals surface area (Å²) < 4.78 is 0. The lowest BCUT2D eigenvalue weighted by Crippen LogP contribution is -2.48. The third kappa shape index (κ3) is 5.04. The molecule has 1 aliphatic carbocycles. The third-order valence-corrected chi connectivity index (χ3v) is 8.07. The summed E-state index contributed by atoms with van der Waals surface area (Å²) in [7, 11) is 3.67. The van der Waals surface area contributed by atoms with Gasteiger partial charge < -0.3 is 20.4 Å². The molecular formula is C27H36N6O2. The molecule has 1 saturated heterocycles. The van der Waals surface area contributed by atoms with Crippen LogP contribution in [-0.2, 0) is 4.79 Å².